The van der Waals surface area contributed by atoms with Crippen LogP contribution in [0.1, 0.15) is 45.4 Å². The van der Waals surface area contributed by atoms with Gasteiger partial charge in [0.05, 0.1) is 12.0 Å². The average Bonchev–Trinajstić information content (AvgIpc) is 2.61. The molecule has 3 heterocycles. The number of rotatable bonds is 3. The van der Waals surface area contributed by atoms with Gasteiger partial charge in [0.25, 0.3) is 0 Å². The van der Waals surface area contributed by atoms with E-state index in [0.29, 0.717) is 0 Å². The normalized spacial score (nSPS) is 30.2. The van der Waals surface area contributed by atoms with Crippen LogP contribution >= 0.6 is 0 Å². The van der Waals surface area contributed by atoms with E-state index in [0.717, 1.165) is 71.3 Å². The summed E-state index contributed by atoms with van der Waals surface area (Å²) in [4.78, 5) is 28.7. The Kier molecular flexibility index (Phi) is 5.41. The van der Waals surface area contributed by atoms with E-state index < -0.39 is 0 Å². The second-order valence-corrected chi connectivity index (χ2v) is 6.90. The number of carbonyl (C=O) groups is 2. The van der Waals surface area contributed by atoms with E-state index in [-0.39, 0.29) is 30.0 Å². The number of nitrogens with one attached hydrogen (secondary N) is 1. The number of amides is 3. The van der Waals surface area contributed by atoms with E-state index in [1.165, 1.54) is 0 Å². The molecule has 0 aromatic rings. The highest BCUT2D eigenvalue weighted by Gasteiger charge is 2.36. The molecule has 6 heteroatoms. The van der Waals surface area contributed by atoms with E-state index in [1.807, 2.05) is 9.80 Å². The van der Waals surface area contributed by atoms with Crippen LogP contribution in [0.25, 0.3) is 0 Å². The van der Waals surface area contributed by atoms with Crippen LogP contribution in [0.3, 0.4) is 0 Å². The van der Waals surface area contributed by atoms with Crippen molar-refractivity contribution >= 4 is 11.9 Å². The fourth-order valence-corrected chi connectivity index (χ4v) is 4.15. The maximum Gasteiger partial charge on any atom is 0.317 e. The first-order chi connectivity index (χ1) is 11.2. The van der Waals surface area contributed by atoms with Gasteiger partial charge in [-0.25, -0.2) is 4.79 Å². The minimum Gasteiger partial charge on any atom is -0.377 e. The summed E-state index contributed by atoms with van der Waals surface area (Å²) < 4.78 is 5.77. The lowest BCUT2D eigenvalue weighted by atomic mass is 9.90. The van der Waals surface area contributed by atoms with Crippen molar-refractivity contribution in [3.8, 4) is 0 Å². The molecule has 3 aliphatic rings. The zero-order chi connectivity index (χ0) is 16.2. The summed E-state index contributed by atoms with van der Waals surface area (Å²) in [6.45, 7) is 6.04. The van der Waals surface area contributed by atoms with Gasteiger partial charge in [-0.05, 0) is 38.5 Å². The van der Waals surface area contributed by atoms with E-state index in [9.17, 15) is 9.59 Å². The number of hydrogen-bond acceptors (Lipinski definition) is 3. The van der Waals surface area contributed by atoms with E-state index in [4.69, 9.17) is 4.74 Å². The molecule has 3 fully saturated rings. The fourth-order valence-electron chi connectivity index (χ4n) is 4.15. The number of hydrogen-bond donors (Lipinski definition) is 1. The van der Waals surface area contributed by atoms with Crippen molar-refractivity contribution in [3.63, 3.8) is 0 Å². The molecular weight excluding hydrogens is 294 g/mol. The lowest BCUT2D eigenvalue weighted by molar-refractivity contribution is -0.146. The molecule has 130 valence electrons. The van der Waals surface area contributed by atoms with Crippen LogP contribution in [0.4, 0.5) is 4.79 Å². The molecule has 0 unspecified atom stereocenters. The van der Waals surface area contributed by atoms with Gasteiger partial charge >= 0.3 is 6.03 Å². The Morgan fingerprint density at radius 2 is 2.00 bits per heavy atom. The highest BCUT2D eigenvalue weighted by molar-refractivity contribution is 5.80. The van der Waals surface area contributed by atoms with Gasteiger partial charge in [0.1, 0.15) is 0 Å². The smallest absolute Gasteiger partial charge is 0.317 e. The molecule has 1 N–H and O–H groups in total. The molecule has 0 aliphatic carbocycles. The van der Waals surface area contributed by atoms with E-state index in [2.05, 4.69) is 12.2 Å². The number of piperidine rings is 1. The molecule has 3 rings (SSSR count). The highest BCUT2D eigenvalue weighted by atomic mass is 16.5. The lowest BCUT2D eigenvalue weighted by Crippen LogP contribution is -2.55. The van der Waals surface area contributed by atoms with Crippen LogP contribution in [0.2, 0.25) is 0 Å². The number of carbonyl (C=O) groups excluding carboxylic acids is 2. The van der Waals surface area contributed by atoms with Crippen molar-refractivity contribution in [2.75, 3.05) is 32.8 Å². The van der Waals surface area contributed by atoms with E-state index >= 15 is 0 Å². The topological polar surface area (TPSA) is 61.9 Å². The van der Waals surface area contributed by atoms with Gasteiger partial charge in [-0.15, -0.1) is 0 Å². The van der Waals surface area contributed by atoms with Crippen LogP contribution in [-0.2, 0) is 9.53 Å². The summed E-state index contributed by atoms with van der Waals surface area (Å²) in [7, 11) is 0. The van der Waals surface area contributed by atoms with Gasteiger partial charge in [-0.2, -0.15) is 0 Å². The number of nitrogens with zero attached hydrogens (tertiary/aromatic N) is 2. The molecule has 0 bridgehead atoms. The maximum absolute atomic E-state index is 12.8. The first-order valence-electron chi connectivity index (χ1n) is 9.15. The molecular formula is C17H29N3O3. The fraction of sp³-hybridized carbons (Fsp3) is 0.882. The zero-order valence-corrected chi connectivity index (χ0v) is 14.1. The Labute approximate surface area is 138 Å². The third-order valence-electron chi connectivity index (χ3n) is 5.49. The Balaban J connectivity index is 1.53. The van der Waals surface area contributed by atoms with E-state index in [1.54, 1.807) is 0 Å². The summed E-state index contributed by atoms with van der Waals surface area (Å²) in [6.07, 6.45) is 5.72. The standard InChI is InChI=1S/C17H29N3O3/c1-2-15-14(5-3-12-23-15)16(21)19-10-6-13(7-11-19)20-9-4-8-18-17(20)22/h13-15H,2-12H2,1H3,(H,18,22)/t14-,15+/m1/s1. The molecule has 2 atom stereocenters. The van der Waals surface area contributed by atoms with Crippen molar-refractivity contribution in [2.45, 2.75) is 57.6 Å². The number of ether oxygens (including phenoxy) is 1. The average molecular weight is 323 g/mol. The third kappa shape index (κ3) is 3.62. The van der Waals surface area contributed by atoms with Crippen LogP contribution < -0.4 is 5.32 Å². The lowest BCUT2D eigenvalue weighted by Gasteiger charge is -2.42. The maximum atomic E-state index is 12.8. The SMILES string of the molecule is CC[C@@H]1OCCC[C@H]1C(=O)N1CCC(N2CCCNC2=O)CC1. The first-order valence-corrected chi connectivity index (χ1v) is 9.15. The number of urea groups is 1. The third-order valence-corrected chi connectivity index (χ3v) is 5.49. The molecule has 3 aliphatic heterocycles. The minimum atomic E-state index is 0.0311. The van der Waals surface area contributed by atoms with Crippen LogP contribution in [-0.4, -0.2) is 66.7 Å². The highest BCUT2D eigenvalue weighted by Crippen LogP contribution is 2.27. The number of likely N-dealkylation sites (tertiary alicyclic amines) is 1. The Bertz CT molecular complexity index is 435. The zero-order valence-electron chi connectivity index (χ0n) is 14.1. The molecule has 6 nitrogen and oxygen atoms in total. The van der Waals surface area contributed by atoms with Gasteiger partial charge in [-0.1, -0.05) is 6.92 Å². The molecule has 3 saturated heterocycles. The Morgan fingerprint density at radius 3 is 2.70 bits per heavy atom. The molecule has 0 spiro atoms. The molecule has 0 aromatic carbocycles. The predicted octanol–water partition coefficient (Wildman–Crippen LogP) is 1.60. The predicted molar refractivity (Wildman–Crippen MR) is 87.1 cm³/mol. The Hall–Kier alpha value is -1.30. The molecule has 3 amide bonds. The van der Waals surface area contributed by atoms with Gasteiger partial charge in [0, 0.05) is 38.8 Å². The van der Waals surface area contributed by atoms with Crippen molar-refractivity contribution in [3.05, 3.63) is 0 Å². The summed E-state index contributed by atoms with van der Waals surface area (Å²) in [5.74, 6) is 0.293. The van der Waals surface area contributed by atoms with Crippen LogP contribution in [0.15, 0.2) is 0 Å². The van der Waals surface area contributed by atoms with Crippen LogP contribution in [0.5, 0.6) is 0 Å². The summed E-state index contributed by atoms with van der Waals surface area (Å²) >= 11 is 0. The largest absolute Gasteiger partial charge is 0.377 e. The van der Waals surface area contributed by atoms with Crippen molar-refractivity contribution in [1.29, 1.82) is 0 Å². The van der Waals surface area contributed by atoms with Gasteiger partial charge in [0.2, 0.25) is 5.91 Å². The van der Waals surface area contributed by atoms with Gasteiger partial charge in [-0.3, -0.25) is 4.79 Å². The van der Waals surface area contributed by atoms with Crippen molar-refractivity contribution in [1.82, 2.24) is 15.1 Å². The van der Waals surface area contributed by atoms with Crippen molar-refractivity contribution in [2.24, 2.45) is 5.92 Å². The first kappa shape index (κ1) is 16.6. The monoisotopic (exact) mass is 323 g/mol. The summed E-state index contributed by atoms with van der Waals surface area (Å²) in [5, 5.41) is 2.92. The second kappa shape index (κ2) is 7.51. The minimum absolute atomic E-state index is 0.0311. The summed E-state index contributed by atoms with van der Waals surface area (Å²) in [6, 6.07) is 0.344. The van der Waals surface area contributed by atoms with Crippen molar-refractivity contribution < 1.29 is 14.3 Å². The molecule has 0 saturated carbocycles. The summed E-state index contributed by atoms with van der Waals surface area (Å²) in [5.41, 5.74) is 0. The molecule has 0 aromatic heterocycles. The van der Waals surface area contributed by atoms with Crippen LogP contribution in [0, 0.1) is 5.92 Å². The molecule has 23 heavy (non-hydrogen) atoms. The van der Waals surface area contributed by atoms with Gasteiger partial charge < -0.3 is 19.9 Å². The second-order valence-electron chi connectivity index (χ2n) is 6.90. The van der Waals surface area contributed by atoms with Gasteiger partial charge in [0.15, 0.2) is 0 Å². The quantitative estimate of drug-likeness (QED) is 0.858. The molecule has 0 radical (unpaired) electrons. The Morgan fingerprint density at radius 1 is 1.22 bits per heavy atom.